The van der Waals surface area contributed by atoms with Crippen molar-refractivity contribution in [3.8, 4) is 0 Å². The van der Waals surface area contributed by atoms with Gasteiger partial charge in [0.2, 0.25) is 10.0 Å². The maximum absolute atomic E-state index is 13.7. The summed E-state index contributed by atoms with van der Waals surface area (Å²) in [4.78, 5) is 27.1. The third-order valence-electron chi connectivity index (χ3n) is 7.79. The van der Waals surface area contributed by atoms with Crippen molar-refractivity contribution in [3.05, 3.63) is 65.4 Å². The number of ether oxygens (including phenoxy) is 1. The molecule has 0 bridgehead atoms. The third-order valence-corrected chi connectivity index (χ3v) is 9.52. The van der Waals surface area contributed by atoms with E-state index in [1.54, 1.807) is 6.07 Å². The molecule has 2 N–H and O–H groups in total. The Morgan fingerprint density at radius 2 is 1.87 bits per heavy atom. The standard InChI is InChI=1S/C29H36N4O5S/c1-3-21-19-33-11-14-39(36,37)32(2)26-17-22(16-24(21)28(26)33)29(35)31-25(15-20-7-5-4-6-8-20)27(34)18-30-23-9-12-38-13-10-23/h4-8,16-17,19,23,25,30H,3,9-15,18H2,1-2H3,(H,31,35)/t25-/m0/s1. The Balaban J connectivity index is 1.44. The molecule has 1 saturated heterocycles. The zero-order valence-corrected chi connectivity index (χ0v) is 23.3. The number of hydrogen-bond acceptors (Lipinski definition) is 6. The van der Waals surface area contributed by atoms with Crippen molar-refractivity contribution in [3.63, 3.8) is 0 Å². The number of aryl methyl sites for hydroxylation is 2. The smallest absolute Gasteiger partial charge is 0.251 e. The fourth-order valence-electron chi connectivity index (χ4n) is 5.42. The normalized spacial score (nSPS) is 18.1. The fraction of sp³-hybridized carbons (Fsp3) is 0.448. The molecule has 1 amide bonds. The number of aromatic nitrogens is 1. The molecule has 39 heavy (non-hydrogen) atoms. The minimum atomic E-state index is -3.53. The zero-order valence-electron chi connectivity index (χ0n) is 22.5. The van der Waals surface area contributed by atoms with Crippen LogP contribution in [0.4, 0.5) is 5.69 Å². The van der Waals surface area contributed by atoms with Crippen LogP contribution < -0.4 is 14.9 Å². The number of amides is 1. The monoisotopic (exact) mass is 552 g/mol. The lowest BCUT2D eigenvalue weighted by Gasteiger charge is -2.25. The van der Waals surface area contributed by atoms with Crippen LogP contribution in [0.3, 0.4) is 0 Å². The van der Waals surface area contributed by atoms with Gasteiger partial charge in [0.1, 0.15) is 0 Å². The Hall–Kier alpha value is -3.21. The number of Topliss-reactive ketones (excluding diaryl/α,β-unsaturated/α-hetero) is 1. The molecule has 208 valence electrons. The van der Waals surface area contributed by atoms with Crippen LogP contribution in [0, 0.1) is 0 Å². The fourth-order valence-corrected chi connectivity index (χ4v) is 6.56. The molecule has 3 heterocycles. The van der Waals surface area contributed by atoms with Gasteiger partial charge < -0.3 is 19.9 Å². The molecule has 1 aromatic heterocycles. The lowest BCUT2D eigenvalue weighted by Crippen LogP contribution is -2.48. The molecule has 1 fully saturated rings. The van der Waals surface area contributed by atoms with E-state index in [2.05, 4.69) is 10.6 Å². The second-order valence-electron chi connectivity index (χ2n) is 10.3. The van der Waals surface area contributed by atoms with Crippen LogP contribution in [0.15, 0.2) is 48.7 Å². The number of anilines is 1. The highest BCUT2D eigenvalue weighted by Gasteiger charge is 2.29. The average Bonchev–Trinajstić information content (AvgIpc) is 3.28. The number of nitrogens with zero attached hydrogens (tertiary/aromatic N) is 2. The first-order valence-electron chi connectivity index (χ1n) is 13.6. The highest BCUT2D eigenvalue weighted by atomic mass is 32.2. The summed E-state index contributed by atoms with van der Waals surface area (Å²) in [6.45, 7) is 3.89. The molecule has 5 rings (SSSR count). The van der Waals surface area contributed by atoms with Crippen LogP contribution in [0.2, 0.25) is 0 Å². The minimum Gasteiger partial charge on any atom is -0.381 e. The molecule has 0 saturated carbocycles. The Kier molecular flexibility index (Phi) is 8.06. The van der Waals surface area contributed by atoms with Crippen molar-refractivity contribution in [1.29, 1.82) is 0 Å². The van der Waals surface area contributed by atoms with Crippen molar-refractivity contribution in [1.82, 2.24) is 15.2 Å². The number of nitrogens with one attached hydrogen (secondary N) is 2. The lowest BCUT2D eigenvalue weighted by atomic mass is 10.00. The van der Waals surface area contributed by atoms with E-state index >= 15 is 0 Å². The highest BCUT2D eigenvalue weighted by molar-refractivity contribution is 7.92. The van der Waals surface area contributed by atoms with Gasteiger partial charge in [-0.1, -0.05) is 37.3 Å². The largest absolute Gasteiger partial charge is 0.381 e. The average molecular weight is 553 g/mol. The van der Waals surface area contributed by atoms with E-state index in [9.17, 15) is 18.0 Å². The summed E-state index contributed by atoms with van der Waals surface area (Å²) in [5.41, 5.74) is 3.61. The summed E-state index contributed by atoms with van der Waals surface area (Å²) in [5.74, 6) is -0.517. The first kappa shape index (κ1) is 27.4. The van der Waals surface area contributed by atoms with Gasteiger partial charge in [-0.25, -0.2) is 8.42 Å². The summed E-state index contributed by atoms with van der Waals surface area (Å²) in [7, 11) is -2.00. The van der Waals surface area contributed by atoms with Crippen molar-refractivity contribution < 1.29 is 22.7 Å². The van der Waals surface area contributed by atoms with Gasteiger partial charge in [0.25, 0.3) is 5.91 Å². The van der Waals surface area contributed by atoms with Gasteiger partial charge in [-0.2, -0.15) is 0 Å². The molecule has 2 aromatic carbocycles. The summed E-state index contributed by atoms with van der Waals surface area (Å²) in [6, 6.07) is 12.5. The molecule has 9 nitrogen and oxygen atoms in total. The minimum absolute atomic E-state index is 0.0135. The lowest BCUT2D eigenvalue weighted by molar-refractivity contribution is -0.120. The molecule has 2 aliphatic heterocycles. The zero-order chi connectivity index (χ0) is 27.6. The number of benzene rings is 2. The quantitative estimate of drug-likeness (QED) is 0.423. The predicted octanol–water partition coefficient (Wildman–Crippen LogP) is 2.66. The molecule has 0 unspecified atom stereocenters. The van der Waals surface area contributed by atoms with E-state index in [4.69, 9.17) is 4.74 Å². The topological polar surface area (TPSA) is 110 Å². The molecular weight excluding hydrogens is 516 g/mol. The maximum Gasteiger partial charge on any atom is 0.251 e. The summed E-state index contributed by atoms with van der Waals surface area (Å²) in [5, 5.41) is 7.16. The molecule has 0 radical (unpaired) electrons. The Morgan fingerprint density at radius 3 is 2.59 bits per heavy atom. The summed E-state index contributed by atoms with van der Waals surface area (Å²) < 4.78 is 34.4. The number of carbonyl (C=O) groups excluding carboxylic acids is 2. The van der Waals surface area contributed by atoms with Crippen molar-refractivity contribution >= 4 is 38.3 Å². The molecule has 0 aliphatic carbocycles. The van der Waals surface area contributed by atoms with Crippen LogP contribution in [-0.4, -0.2) is 69.3 Å². The number of carbonyl (C=O) groups is 2. The molecule has 10 heteroatoms. The van der Waals surface area contributed by atoms with Gasteiger partial charge in [0.15, 0.2) is 5.78 Å². The van der Waals surface area contributed by atoms with Crippen LogP contribution in [-0.2, 0) is 38.9 Å². The number of rotatable bonds is 9. The molecule has 1 atom stereocenters. The third kappa shape index (κ3) is 5.88. The van der Waals surface area contributed by atoms with Crippen molar-refractivity contribution in [2.75, 3.05) is 36.9 Å². The van der Waals surface area contributed by atoms with Gasteiger partial charge >= 0.3 is 0 Å². The predicted molar refractivity (Wildman–Crippen MR) is 152 cm³/mol. The Labute approximate surface area is 229 Å². The van der Waals surface area contributed by atoms with E-state index in [0.717, 1.165) is 41.3 Å². The van der Waals surface area contributed by atoms with Crippen LogP contribution in [0.5, 0.6) is 0 Å². The van der Waals surface area contributed by atoms with Crippen LogP contribution in [0.25, 0.3) is 10.9 Å². The summed E-state index contributed by atoms with van der Waals surface area (Å²) in [6.07, 6.45) is 4.79. The molecule has 0 spiro atoms. The second kappa shape index (κ2) is 11.5. The van der Waals surface area contributed by atoms with Gasteiger partial charge in [-0.05, 0) is 48.9 Å². The first-order valence-corrected chi connectivity index (χ1v) is 15.2. The molecule has 2 aliphatic rings. The number of sulfonamides is 1. The number of hydrogen-bond donors (Lipinski definition) is 2. The number of ketones is 1. The second-order valence-corrected chi connectivity index (χ2v) is 12.4. The van der Waals surface area contributed by atoms with Crippen LogP contribution in [0.1, 0.15) is 41.3 Å². The maximum atomic E-state index is 13.7. The van der Waals surface area contributed by atoms with Gasteiger partial charge in [-0.15, -0.1) is 0 Å². The van der Waals surface area contributed by atoms with Gasteiger partial charge in [-0.3, -0.25) is 13.9 Å². The summed E-state index contributed by atoms with van der Waals surface area (Å²) >= 11 is 0. The molecular formula is C29H36N4O5S. The van der Waals surface area contributed by atoms with Gasteiger partial charge in [0.05, 0.1) is 29.5 Å². The van der Waals surface area contributed by atoms with E-state index in [1.807, 2.05) is 54.1 Å². The van der Waals surface area contributed by atoms with Crippen molar-refractivity contribution in [2.24, 2.45) is 0 Å². The van der Waals surface area contributed by atoms with E-state index in [-0.39, 0.29) is 24.1 Å². The Morgan fingerprint density at radius 1 is 1.13 bits per heavy atom. The van der Waals surface area contributed by atoms with E-state index < -0.39 is 22.0 Å². The Bertz CT molecular complexity index is 1460. The van der Waals surface area contributed by atoms with Crippen molar-refractivity contribution in [2.45, 2.75) is 51.2 Å². The van der Waals surface area contributed by atoms with Crippen LogP contribution >= 0.6 is 0 Å². The highest BCUT2D eigenvalue weighted by Crippen LogP contribution is 2.35. The van der Waals surface area contributed by atoms with E-state index in [1.165, 1.54) is 11.4 Å². The first-order chi connectivity index (χ1) is 18.8. The van der Waals surface area contributed by atoms with Gasteiger partial charge in [0, 0.05) is 50.0 Å². The molecule has 3 aromatic rings. The SMILES string of the molecule is CCc1cn2c3c(cc(C(=O)N[C@@H](Cc4ccccc4)C(=O)CNC4CCOCC4)cc13)N(C)S(=O)(=O)CC2. The van der Waals surface area contributed by atoms with E-state index in [0.29, 0.717) is 37.4 Å².